The number of hydrogen-bond donors (Lipinski definition) is 9. The maximum absolute atomic E-state index is 13.3. The van der Waals surface area contributed by atoms with Gasteiger partial charge in [-0.15, -0.1) is 0 Å². The molecule has 0 saturated carbocycles. The number of nitrogens with two attached hydrogens (primary N) is 1. The number of aliphatic carboxylic acids is 1. The van der Waals surface area contributed by atoms with Gasteiger partial charge in [0.2, 0.25) is 35.4 Å². The Hall–Kier alpha value is -5.35. The average molecular weight is 656 g/mol. The molecular weight excluding hydrogens is 614 g/mol. The molecule has 5 atom stereocenters. The molecule has 6 amide bonds. The van der Waals surface area contributed by atoms with E-state index in [0.29, 0.717) is 5.56 Å². The number of carboxylic acid groups (broad SMARTS) is 1. The molecule has 1 unspecified atom stereocenters. The van der Waals surface area contributed by atoms with Crippen LogP contribution in [-0.4, -0.2) is 102 Å². The molecule has 16 nitrogen and oxygen atoms in total. The quantitative estimate of drug-likeness (QED) is 0.0791. The molecule has 0 aliphatic carbocycles. The summed E-state index contributed by atoms with van der Waals surface area (Å²) in [7, 11) is 0. The standard InChI is InChI=1S/C31H41N7O9/c1-18(31(46)47)36-25(41)17-35-30(45)27(19(2)39)38-29(44)23(14-21-11-7-4-8-12-21)37-26(42)16-33-24(40)15-34-28(43)22(32)13-20-9-5-3-6-10-20/h3-12,18-19,22-23,27,39H,13-17,32H2,1-2H3,(H,33,40)(H,34,43)(H,35,45)(H,36,41)(H,37,42)(H,38,44)(H,46,47)/t18-,19?,22-,23-,27-/m0/s1. The molecule has 2 aromatic carbocycles. The van der Waals surface area contributed by atoms with Crippen molar-refractivity contribution in [3.05, 3.63) is 71.8 Å². The topological polar surface area (TPSA) is 258 Å². The van der Waals surface area contributed by atoms with Gasteiger partial charge in [-0.25, -0.2) is 0 Å². The third-order valence-corrected chi connectivity index (χ3v) is 6.67. The number of amides is 6. The highest BCUT2D eigenvalue weighted by Gasteiger charge is 2.30. The lowest BCUT2D eigenvalue weighted by molar-refractivity contribution is -0.141. The Labute approximate surface area is 271 Å². The summed E-state index contributed by atoms with van der Waals surface area (Å²) < 4.78 is 0. The first-order chi connectivity index (χ1) is 22.3. The second kappa shape index (κ2) is 19.2. The molecule has 0 aliphatic heterocycles. The van der Waals surface area contributed by atoms with Gasteiger partial charge in [-0.3, -0.25) is 33.6 Å². The number of benzene rings is 2. The minimum atomic E-state index is -1.54. The largest absolute Gasteiger partial charge is 0.480 e. The SMILES string of the molecule is CC(O)[C@H](NC(=O)[C@H](Cc1ccccc1)NC(=O)CNC(=O)CNC(=O)[C@@H](N)Cc1ccccc1)C(=O)NCC(=O)N[C@@H](C)C(=O)O. The molecule has 10 N–H and O–H groups in total. The van der Waals surface area contributed by atoms with Gasteiger partial charge in [0, 0.05) is 6.42 Å². The lowest BCUT2D eigenvalue weighted by Gasteiger charge is -2.25. The summed E-state index contributed by atoms with van der Waals surface area (Å²) in [5.74, 6) is -5.88. The Morgan fingerprint density at radius 1 is 0.638 bits per heavy atom. The average Bonchev–Trinajstić information content (AvgIpc) is 3.04. The summed E-state index contributed by atoms with van der Waals surface area (Å²) in [5.41, 5.74) is 7.40. The van der Waals surface area contributed by atoms with E-state index in [0.717, 1.165) is 5.56 Å². The smallest absolute Gasteiger partial charge is 0.325 e. The Morgan fingerprint density at radius 3 is 1.68 bits per heavy atom. The van der Waals surface area contributed by atoms with Crippen molar-refractivity contribution in [2.45, 2.75) is 57.0 Å². The molecule has 16 heteroatoms. The van der Waals surface area contributed by atoms with Crippen LogP contribution in [0.4, 0.5) is 0 Å². The summed E-state index contributed by atoms with van der Waals surface area (Å²) in [4.78, 5) is 86.1. The van der Waals surface area contributed by atoms with Crippen LogP contribution < -0.4 is 37.6 Å². The van der Waals surface area contributed by atoms with Crippen molar-refractivity contribution in [3.63, 3.8) is 0 Å². The van der Waals surface area contributed by atoms with Gasteiger partial charge in [-0.05, 0) is 31.4 Å². The van der Waals surface area contributed by atoms with Gasteiger partial charge >= 0.3 is 5.97 Å². The van der Waals surface area contributed by atoms with E-state index in [9.17, 15) is 38.7 Å². The fourth-order valence-electron chi connectivity index (χ4n) is 4.10. The predicted molar refractivity (Wildman–Crippen MR) is 168 cm³/mol. The summed E-state index contributed by atoms with van der Waals surface area (Å²) in [6.45, 7) is 0.841. The Balaban J connectivity index is 1.95. The van der Waals surface area contributed by atoms with Crippen molar-refractivity contribution in [1.29, 1.82) is 0 Å². The van der Waals surface area contributed by atoms with Gasteiger partial charge in [0.15, 0.2) is 0 Å². The number of carbonyl (C=O) groups excluding carboxylic acids is 6. The van der Waals surface area contributed by atoms with E-state index < -0.39 is 91.3 Å². The van der Waals surface area contributed by atoms with Gasteiger partial charge in [0.1, 0.15) is 18.1 Å². The summed E-state index contributed by atoms with van der Waals surface area (Å²) >= 11 is 0. The van der Waals surface area contributed by atoms with E-state index in [4.69, 9.17) is 10.8 Å². The zero-order chi connectivity index (χ0) is 34.9. The van der Waals surface area contributed by atoms with Gasteiger partial charge in [0.05, 0.1) is 31.8 Å². The molecule has 0 bridgehead atoms. The van der Waals surface area contributed by atoms with Crippen LogP contribution in [-0.2, 0) is 46.4 Å². The van der Waals surface area contributed by atoms with E-state index in [-0.39, 0.29) is 12.8 Å². The number of aliphatic hydroxyl groups is 1. The van der Waals surface area contributed by atoms with Crippen LogP contribution in [0.15, 0.2) is 60.7 Å². The van der Waals surface area contributed by atoms with Crippen molar-refractivity contribution in [2.24, 2.45) is 5.73 Å². The highest BCUT2D eigenvalue weighted by molar-refractivity contribution is 5.95. The maximum atomic E-state index is 13.3. The first-order valence-corrected chi connectivity index (χ1v) is 14.7. The molecule has 0 aromatic heterocycles. The summed E-state index contributed by atoms with van der Waals surface area (Å²) in [6, 6.07) is 12.8. The Morgan fingerprint density at radius 2 is 1.13 bits per heavy atom. The summed E-state index contributed by atoms with van der Waals surface area (Å²) in [6.07, 6.45) is -1.19. The van der Waals surface area contributed by atoms with Gasteiger partial charge in [-0.1, -0.05) is 60.7 Å². The van der Waals surface area contributed by atoms with Crippen molar-refractivity contribution < 1.29 is 43.8 Å². The molecule has 0 fully saturated rings. The van der Waals surface area contributed by atoms with Gasteiger partial charge in [0.25, 0.3) is 0 Å². The molecule has 254 valence electrons. The van der Waals surface area contributed by atoms with E-state index in [2.05, 4.69) is 31.9 Å². The fraction of sp³-hybridized carbons (Fsp3) is 0.387. The van der Waals surface area contributed by atoms with E-state index in [1.807, 2.05) is 30.3 Å². The molecule has 2 rings (SSSR count). The van der Waals surface area contributed by atoms with Crippen molar-refractivity contribution in [2.75, 3.05) is 19.6 Å². The fourth-order valence-corrected chi connectivity index (χ4v) is 4.10. The van der Waals surface area contributed by atoms with E-state index >= 15 is 0 Å². The number of nitrogens with one attached hydrogen (secondary N) is 6. The third-order valence-electron chi connectivity index (χ3n) is 6.67. The van der Waals surface area contributed by atoms with Crippen molar-refractivity contribution >= 4 is 41.4 Å². The van der Waals surface area contributed by atoms with Crippen LogP contribution in [0.1, 0.15) is 25.0 Å². The highest BCUT2D eigenvalue weighted by atomic mass is 16.4. The minimum absolute atomic E-state index is 0.0225. The van der Waals surface area contributed by atoms with Crippen LogP contribution in [0, 0.1) is 0 Å². The number of rotatable bonds is 18. The van der Waals surface area contributed by atoms with Gasteiger partial charge < -0.3 is 47.8 Å². The second-order valence-corrected chi connectivity index (χ2v) is 10.7. The van der Waals surface area contributed by atoms with E-state index in [1.165, 1.54) is 13.8 Å². The normalized spacial score (nSPS) is 13.8. The molecule has 0 saturated heterocycles. The number of carbonyl (C=O) groups is 7. The molecule has 0 radical (unpaired) electrons. The first kappa shape index (κ1) is 37.8. The number of hydrogen-bond acceptors (Lipinski definition) is 9. The summed E-state index contributed by atoms with van der Waals surface area (Å²) in [5, 5.41) is 33.1. The van der Waals surface area contributed by atoms with Gasteiger partial charge in [-0.2, -0.15) is 0 Å². The Bertz CT molecular complexity index is 1390. The highest BCUT2D eigenvalue weighted by Crippen LogP contribution is 2.05. The minimum Gasteiger partial charge on any atom is -0.480 e. The third kappa shape index (κ3) is 14.1. The molecule has 0 spiro atoms. The zero-order valence-corrected chi connectivity index (χ0v) is 26.0. The van der Waals surface area contributed by atoms with Crippen LogP contribution in [0.25, 0.3) is 0 Å². The molecule has 47 heavy (non-hydrogen) atoms. The van der Waals surface area contributed by atoms with Crippen LogP contribution in [0.2, 0.25) is 0 Å². The van der Waals surface area contributed by atoms with Crippen molar-refractivity contribution in [1.82, 2.24) is 31.9 Å². The Kier molecular flexibility index (Phi) is 15.5. The monoisotopic (exact) mass is 655 g/mol. The second-order valence-electron chi connectivity index (χ2n) is 10.7. The van der Waals surface area contributed by atoms with Crippen LogP contribution in [0.3, 0.4) is 0 Å². The lowest BCUT2D eigenvalue weighted by atomic mass is 10.0. The maximum Gasteiger partial charge on any atom is 0.325 e. The zero-order valence-electron chi connectivity index (χ0n) is 26.0. The molecule has 0 aliphatic rings. The van der Waals surface area contributed by atoms with Crippen molar-refractivity contribution in [3.8, 4) is 0 Å². The molecule has 0 heterocycles. The lowest BCUT2D eigenvalue weighted by Crippen LogP contribution is -2.59. The molecular formula is C31H41N7O9. The number of aliphatic hydroxyl groups excluding tert-OH is 1. The van der Waals surface area contributed by atoms with E-state index in [1.54, 1.807) is 30.3 Å². The molecule has 2 aromatic rings. The van der Waals surface area contributed by atoms with Crippen LogP contribution in [0.5, 0.6) is 0 Å². The van der Waals surface area contributed by atoms with Crippen LogP contribution >= 0.6 is 0 Å². The predicted octanol–water partition coefficient (Wildman–Crippen LogP) is -2.91. The first-order valence-electron chi connectivity index (χ1n) is 14.7. The number of carboxylic acids is 1.